The fraction of sp³-hybridized carbons (Fsp3) is 0.529. The summed E-state index contributed by atoms with van der Waals surface area (Å²) < 4.78 is 0. The fourth-order valence-electron chi connectivity index (χ4n) is 3.16. The van der Waals surface area contributed by atoms with Crippen molar-refractivity contribution in [1.29, 1.82) is 0 Å². The molecule has 0 aliphatic carbocycles. The van der Waals surface area contributed by atoms with E-state index in [9.17, 15) is 9.59 Å². The Hall–Kier alpha value is -1.29. The Labute approximate surface area is 130 Å². The second-order valence-electron chi connectivity index (χ2n) is 5.85. The van der Waals surface area contributed by atoms with Crippen LogP contribution in [0.3, 0.4) is 0 Å². The van der Waals surface area contributed by atoms with Crippen LogP contribution in [0.4, 0.5) is 5.69 Å². The second kappa shape index (κ2) is 6.65. The van der Waals surface area contributed by atoms with Gasteiger partial charge >= 0.3 is 0 Å². The van der Waals surface area contributed by atoms with E-state index < -0.39 is 0 Å². The lowest BCUT2D eigenvalue weighted by molar-refractivity contribution is -0.119. The lowest BCUT2D eigenvalue weighted by atomic mass is 9.98. The van der Waals surface area contributed by atoms with E-state index in [4.69, 9.17) is 0 Å². The maximum atomic E-state index is 12.7. The second-order valence-corrected chi connectivity index (χ2v) is 7.07. The number of ketones is 1. The normalized spacial score (nSPS) is 20.0. The van der Waals surface area contributed by atoms with E-state index in [-0.39, 0.29) is 11.7 Å². The molecule has 3 rings (SSSR count). The molecule has 3 nitrogen and oxygen atoms in total. The molecule has 1 fully saturated rings. The number of carbonyl (C=O) groups excluding carboxylic acids is 2. The summed E-state index contributed by atoms with van der Waals surface area (Å²) in [5.41, 5.74) is 1.53. The van der Waals surface area contributed by atoms with Crippen molar-refractivity contribution in [2.45, 2.75) is 32.1 Å². The first kappa shape index (κ1) is 14.6. The van der Waals surface area contributed by atoms with Gasteiger partial charge in [-0.15, -0.1) is 0 Å². The summed E-state index contributed by atoms with van der Waals surface area (Å²) in [6, 6.07) is 7.55. The van der Waals surface area contributed by atoms with Crippen molar-refractivity contribution in [3.05, 3.63) is 29.8 Å². The number of benzene rings is 1. The lowest BCUT2D eigenvalue weighted by Gasteiger charge is -2.26. The summed E-state index contributed by atoms with van der Waals surface area (Å²) in [4.78, 5) is 26.7. The molecule has 0 N–H and O–H groups in total. The molecule has 0 aromatic heterocycles. The molecule has 0 spiro atoms. The predicted molar refractivity (Wildman–Crippen MR) is 87.0 cm³/mol. The first-order valence-corrected chi connectivity index (χ1v) is 8.91. The van der Waals surface area contributed by atoms with E-state index in [0.717, 1.165) is 24.9 Å². The highest BCUT2D eigenvalue weighted by molar-refractivity contribution is 7.99. The number of amides is 1. The van der Waals surface area contributed by atoms with Gasteiger partial charge in [0, 0.05) is 24.9 Å². The minimum Gasteiger partial charge on any atom is -0.312 e. The van der Waals surface area contributed by atoms with E-state index in [1.165, 1.54) is 11.5 Å². The van der Waals surface area contributed by atoms with Crippen LogP contribution in [0.2, 0.25) is 0 Å². The standard InChI is InChI=1S/C17H21NO2S/c19-16-6-3-9-18(15-5-2-1-4-14(15)16)17(20)12-13-7-10-21-11-8-13/h1-2,4-5,13H,3,6-12H2. The Balaban J connectivity index is 1.78. The van der Waals surface area contributed by atoms with Crippen LogP contribution in [-0.2, 0) is 4.79 Å². The fourth-order valence-corrected chi connectivity index (χ4v) is 4.37. The zero-order chi connectivity index (χ0) is 14.7. The minimum atomic E-state index is 0.162. The molecule has 0 unspecified atom stereocenters. The monoisotopic (exact) mass is 303 g/mol. The van der Waals surface area contributed by atoms with Crippen LogP contribution in [0.25, 0.3) is 0 Å². The molecule has 2 heterocycles. The van der Waals surface area contributed by atoms with Gasteiger partial charge in [0.25, 0.3) is 0 Å². The summed E-state index contributed by atoms with van der Waals surface area (Å²) in [6.45, 7) is 0.670. The molecule has 0 saturated carbocycles. The molecular formula is C17H21NO2S. The largest absolute Gasteiger partial charge is 0.312 e. The average molecular weight is 303 g/mol. The molecule has 2 aliphatic rings. The van der Waals surface area contributed by atoms with Gasteiger partial charge in [0.2, 0.25) is 5.91 Å². The number of hydrogen-bond acceptors (Lipinski definition) is 3. The zero-order valence-corrected chi connectivity index (χ0v) is 13.0. The molecule has 0 bridgehead atoms. The number of hydrogen-bond donors (Lipinski definition) is 0. The van der Waals surface area contributed by atoms with E-state index in [1.807, 2.05) is 40.9 Å². The molecule has 21 heavy (non-hydrogen) atoms. The van der Waals surface area contributed by atoms with Crippen molar-refractivity contribution >= 4 is 29.1 Å². The van der Waals surface area contributed by atoms with Crippen molar-refractivity contribution < 1.29 is 9.59 Å². The maximum Gasteiger partial charge on any atom is 0.227 e. The SMILES string of the molecule is O=C1CCCN(C(=O)CC2CCSCC2)c2ccccc21. The molecule has 1 aromatic carbocycles. The average Bonchev–Trinajstić information content (AvgIpc) is 2.68. The summed E-state index contributed by atoms with van der Waals surface area (Å²) in [5, 5.41) is 0. The third-order valence-corrected chi connectivity index (χ3v) is 5.43. The predicted octanol–water partition coefficient (Wildman–Crippen LogP) is 3.53. The summed E-state index contributed by atoms with van der Waals surface area (Å²) >= 11 is 1.98. The zero-order valence-electron chi connectivity index (χ0n) is 12.2. The third kappa shape index (κ3) is 3.31. The Morgan fingerprint density at radius 2 is 2.00 bits per heavy atom. The molecule has 112 valence electrons. The molecule has 1 aromatic rings. The third-order valence-electron chi connectivity index (χ3n) is 4.39. The van der Waals surface area contributed by atoms with Crippen LogP contribution in [0.5, 0.6) is 0 Å². The van der Waals surface area contributed by atoms with Crippen molar-refractivity contribution in [1.82, 2.24) is 0 Å². The van der Waals surface area contributed by atoms with Gasteiger partial charge in [-0.05, 0) is 48.8 Å². The first-order chi connectivity index (χ1) is 10.3. The van der Waals surface area contributed by atoms with Crippen molar-refractivity contribution in [2.24, 2.45) is 5.92 Å². The van der Waals surface area contributed by atoms with Crippen molar-refractivity contribution in [2.75, 3.05) is 23.0 Å². The number of rotatable bonds is 2. The number of thioether (sulfide) groups is 1. The highest BCUT2D eigenvalue weighted by atomic mass is 32.2. The first-order valence-electron chi connectivity index (χ1n) is 7.76. The van der Waals surface area contributed by atoms with Crippen LogP contribution in [0.15, 0.2) is 24.3 Å². The minimum absolute atomic E-state index is 0.162. The van der Waals surface area contributed by atoms with Gasteiger partial charge in [-0.1, -0.05) is 12.1 Å². The maximum absolute atomic E-state index is 12.7. The number of para-hydroxylation sites is 1. The molecule has 4 heteroatoms. The van der Waals surface area contributed by atoms with Crippen LogP contribution in [-0.4, -0.2) is 29.7 Å². The van der Waals surface area contributed by atoms with Crippen LogP contribution in [0.1, 0.15) is 42.5 Å². The number of nitrogens with zero attached hydrogens (tertiary/aromatic N) is 1. The smallest absolute Gasteiger partial charge is 0.227 e. The highest BCUT2D eigenvalue weighted by Gasteiger charge is 2.27. The van der Waals surface area contributed by atoms with E-state index in [2.05, 4.69) is 0 Å². The van der Waals surface area contributed by atoms with Crippen LogP contribution in [0, 0.1) is 5.92 Å². The van der Waals surface area contributed by atoms with Gasteiger partial charge in [0.15, 0.2) is 5.78 Å². The molecule has 1 amide bonds. The highest BCUT2D eigenvalue weighted by Crippen LogP contribution is 2.30. The number of anilines is 1. The Morgan fingerprint density at radius 1 is 1.24 bits per heavy atom. The lowest BCUT2D eigenvalue weighted by Crippen LogP contribution is -2.33. The van der Waals surface area contributed by atoms with Gasteiger partial charge < -0.3 is 4.90 Å². The number of Topliss-reactive ketones (excluding diaryl/α,β-unsaturated/α-hetero) is 1. The van der Waals surface area contributed by atoms with Gasteiger partial charge in [-0.3, -0.25) is 9.59 Å². The van der Waals surface area contributed by atoms with Crippen molar-refractivity contribution in [3.8, 4) is 0 Å². The molecule has 2 aliphatic heterocycles. The summed E-state index contributed by atoms with van der Waals surface area (Å²) in [6.07, 6.45) is 4.22. The van der Waals surface area contributed by atoms with E-state index in [0.29, 0.717) is 30.9 Å². The summed E-state index contributed by atoms with van der Waals surface area (Å²) in [5.74, 6) is 3.22. The Bertz CT molecular complexity index is 537. The number of fused-ring (bicyclic) bond motifs is 1. The molecule has 0 radical (unpaired) electrons. The van der Waals surface area contributed by atoms with Gasteiger partial charge in [0.05, 0.1) is 5.69 Å². The van der Waals surface area contributed by atoms with E-state index in [1.54, 1.807) is 0 Å². The van der Waals surface area contributed by atoms with Crippen molar-refractivity contribution in [3.63, 3.8) is 0 Å². The summed E-state index contributed by atoms with van der Waals surface area (Å²) in [7, 11) is 0. The Kier molecular flexibility index (Phi) is 4.63. The van der Waals surface area contributed by atoms with Gasteiger partial charge in [-0.25, -0.2) is 0 Å². The molecular weight excluding hydrogens is 282 g/mol. The van der Waals surface area contributed by atoms with Crippen LogP contribution >= 0.6 is 11.8 Å². The van der Waals surface area contributed by atoms with Gasteiger partial charge in [0.1, 0.15) is 0 Å². The Morgan fingerprint density at radius 3 is 2.81 bits per heavy atom. The van der Waals surface area contributed by atoms with Crippen LogP contribution < -0.4 is 4.90 Å². The quantitative estimate of drug-likeness (QED) is 0.839. The topological polar surface area (TPSA) is 37.4 Å². The molecule has 0 atom stereocenters. The molecule has 1 saturated heterocycles. The van der Waals surface area contributed by atoms with Gasteiger partial charge in [-0.2, -0.15) is 11.8 Å². The van der Waals surface area contributed by atoms with E-state index >= 15 is 0 Å². The number of carbonyl (C=O) groups is 2.